The van der Waals surface area contributed by atoms with Gasteiger partial charge in [-0.2, -0.15) is 0 Å². The Balaban J connectivity index is 0.000000224. The molecule has 2 aromatic rings. The number of rotatable bonds is 4. The molecule has 0 aliphatic heterocycles. The van der Waals surface area contributed by atoms with Crippen molar-refractivity contribution in [3.05, 3.63) is 70.7 Å². The van der Waals surface area contributed by atoms with Gasteiger partial charge < -0.3 is 9.47 Å². The highest BCUT2D eigenvalue weighted by Crippen LogP contribution is 2.24. The maximum absolute atomic E-state index is 5.77. The summed E-state index contributed by atoms with van der Waals surface area (Å²) in [6.45, 7) is 7.27. The Morgan fingerprint density at radius 1 is 0.864 bits per heavy atom. The van der Waals surface area contributed by atoms with E-state index < -0.39 is 0 Å². The lowest BCUT2D eigenvalue weighted by Crippen LogP contribution is -1.88. The van der Waals surface area contributed by atoms with Crippen molar-refractivity contribution >= 4 is 35.4 Å². The highest BCUT2D eigenvalue weighted by molar-refractivity contribution is 6.34. The summed E-state index contributed by atoms with van der Waals surface area (Å²) in [4.78, 5) is 0. The lowest BCUT2D eigenvalue weighted by Gasteiger charge is -2.06. The Kier molecular flexibility index (Phi) is 7.58. The Labute approximate surface area is 141 Å². The van der Waals surface area contributed by atoms with E-state index in [2.05, 4.69) is 13.2 Å². The van der Waals surface area contributed by atoms with Crippen LogP contribution in [0.25, 0.3) is 12.2 Å². The van der Waals surface area contributed by atoms with Crippen molar-refractivity contribution in [2.75, 3.05) is 14.2 Å². The van der Waals surface area contributed by atoms with Crippen LogP contribution in [0.15, 0.2) is 49.6 Å². The lowest BCUT2D eigenvalue weighted by molar-refractivity contribution is 0.402. The first-order valence-electron chi connectivity index (χ1n) is 6.47. The molecule has 4 heteroatoms. The van der Waals surface area contributed by atoms with Crippen LogP contribution in [0.5, 0.6) is 11.5 Å². The van der Waals surface area contributed by atoms with Gasteiger partial charge in [0.15, 0.2) is 0 Å². The normalized spacial score (nSPS) is 9.27. The first-order valence-corrected chi connectivity index (χ1v) is 7.23. The van der Waals surface area contributed by atoms with Crippen LogP contribution in [0.4, 0.5) is 0 Å². The number of hydrogen-bond acceptors (Lipinski definition) is 2. The molecule has 0 aromatic heterocycles. The standard InChI is InChI=1S/C10H12O2.C8H6Cl2/c1-4-8-7-9(11-2)5-6-10(8)12-3;1-2-6-5-7(9)3-4-8(6)10/h4-7H,1H2,2-3H3;2-5H,1H2. The average Bonchev–Trinajstić information content (AvgIpc) is 2.56. The molecule has 0 amide bonds. The van der Waals surface area contributed by atoms with Crippen molar-refractivity contribution in [1.82, 2.24) is 0 Å². The molecule has 2 nitrogen and oxygen atoms in total. The lowest BCUT2D eigenvalue weighted by atomic mass is 10.2. The summed E-state index contributed by atoms with van der Waals surface area (Å²) in [5.41, 5.74) is 1.81. The van der Waals surface area contributed by atoms with Crippen molar-refractivity contribution in [3.8, 4) is 11.5 Å². The minimum atomic E-state index is 0.680. The van der Waals surface area contributed by atoms with E-state index in [4.69, 9.17) is 32.7 Å². The first kappa shape index (κ1) is 18.1. The fraction of sp³-hybridized carbons (Fsp3) is 0.111. The maximum atomic E-state index is 5.77. The predicted octanol–water partition coefficient (Wildman–Crippen LogP) is 5.98. The van der Waals surface area contributed by atoms with E-state index in [0.717, 1.165) is 22.6 Å². The summed E-state index contributed by atoms with van der Waals surface area (Å²) >= 11 is 11.5. The van der Waals surface area contributed by atoms with Crippen molar-refractivity contribution in [2.24, 2.45) is 0 Å². The summed E-state index contributed by atoms with van der Waals surface area (Å²) in [7, 11) is 3.27. The van der Waals surface area contributed by atoms with Gasteiger partial charge in [0, 0.05) is 15.6 Å². The molecule has 0 heterocycles. The molecule has 2 rings (SSSR count). The van der Waals surface area contributed by atoms with Gasteiger partial charge in [-0.25, -0.2) is 0 Å². The van der Waals surface area contributed by atoms with Crippen LogP contribution in [0.1, 0.15) is 11.1 Å². The molecule has 0 N–H and O–H groups in total. The van der Waals surface area contributed by atoms with E-state index in [1.165, 1.54) is 0 Å². The van der Waals surface area contributed by atoms with Crippen molar-refractivity contribution in [2.45, 2.75) is 0 Å². The minimum absolute atomic E-state index is 0.680. The Morgan fingerprint density at radius 3 is 2.05 bits per heavy atom. The van der Waals surface area contributed by atoms with Gasteiger partial charge in [0.25, 0.3) is 0 Å². The second-order valence-electron chi connectivity index (χ2n) is 4.18. The van der Waals surface area contributed by atoms with Gasteiger partial charge in [0.2, 0.25) is 0 Å². The molecule has 0 fully saturated rings. The van der Waals surface area contributed by atoms with Gasteiger partial charge in [-0.05, 0) is 42.0 Å². The maximum Gasteiger partial charge on any atom is 0.126 e. The van der Waals surface area contributed by atoms with E-state index >= 15 is 0 Å². The topological polar surface area (TPSA) is 18.5 Å². The molecule has 0 saturated heterocycles. The monoisotopic (exact) mass is 336 g/mol. The number of benzene rings is 2. The van der Waals surface area contributed by atoms with Gasteiger partial charge in [-0.3, -0.25) is 0 Å². The predicted molar refractivity (Wildman–Crippen MR) is 96.2 cm³/mol. The molecule has 2 aromatic carbocycles. The molecular formula is C18H18Cl2O2. The van der Waals surface area contributed by atoms with E-state index in [9.17, 15) is 0 Å². The molecule has 22 heavy (non-hydrogen) atoms. The van der Waals surface area contributed by atoms with Crippen LogP contribution in [0.3, 0.4) is 0 Å². The van der Waals surface area contributed by atoms with E-state index in [1.807, 2.05) is 18.2 Å². The second kappa shape index (κ2) is 9.19. The van der Waals surface area contributed by atoms with Gasteiger partial charge in [-0.15, -0.1) is 0 Å². The number of halogens is 2. The summed E-state index contributed by atoms with van der Waals surface area (Å²) < 4.78 is 10.2. The molecule has 0 aliphatic carbocycles. The molecular weight excluding hydrogens is 319 g/mol. The third-order valence-electron chi connectivity index (χ3n) is 2.83. The zero-order valence-electron chi connectivity index (χ0n) is 12.6. The van der Waals surface area contributed by atoms with Gasteiger partial charge in [0.05, 0.1) is 14.2 Å². The van der Waals surface area contributed by atoms with Crippen molar-refractivity contribution in [3.63, 3.8) is 0 Å². The Hall–Kier alpha value is -1.90. The molecule has 0 saturated carbocycles. The van der Waals surface area contributed by atoms with E-state index in [-0.39, 0.29) is 0 Å². The largest absolute Gasteiger partial charge is 0.497 e. The van der Waals surface area contributed by atoms with E-state index in [1.54, 1.807) is 44.6 Å². The molecule has 0 unspecified atom stereocenters. The van der Waals surface area contributed by atoms with Crippen LogP contribution in [-0.4, -0.2) is 14.2 Å². The van der Waals surface area contributed by atoms with Gasteiger partial charge >= 0.3 is 0 Å². The fourth-order valence-corrected chi connectivity index (χ4v) is 2.05. The smallest absolute Gasteiger partial charge is 0.126 e. The average molecular weight is 337 g/mol. The highest BCUT2D eigenvalue weighted by Gasteiger charge is 1.99. The molecule has 0 radical (unpaired) electrons. The van der Waals surface area contributed by atoms with Crippen molar-refractivity contribution in [1.29, 1.82) is 0 Å². The molecule has 0 aliphatic rings. The zero-order valence-corrected chi connectivity index (χ0v) is 14.1. The summed E-state index contributed by atoms with van der Waals surface area (Å²) in [6.07, 6.45) is 3.41. The number of ether oxygens (including phenoxy) is 2. The summed E-state index contributed by atoms with van der Waals surface area (Å²) in [5.74, 6) is 1.62. The third-order valence-corrected chi connectivity index (χ3v) is 3.41. The number of hydrogen-bond donors (Lipinski definition) is 0. The molecule has 0 atom stereocenters. The minimum Gasteiger partial charge on any atom is -0.497 e. The number of methoxy groups -OCH3 is 2. The summed E-state index contributed by atoms with van der Waals surface area (Å²) in [6, 6.07) is 10.9. The van der Waals surface area contributed by atoms with Crippen LogP contribution in [0, 0.1) is 0 Å². The SMILES string of the molecule is C=Cc1cc(Cl)ccc1Cl.C=Cc1cc(OC)ccc1OC. The molecule has 116 valence electrons. The third kappa shape index (κ3) is 5.14. The van der Waals surface area contributed by atoms with Crippen LogP contribution in [0.2, 0.25) is 10.0 Å². The van der Waals surface area contributed by atoms with Crippen LogP contribution in [-0.2, 0) is 0 Å². The fourth-order valence-electron chi connectivity index (χ4n) is 1.67. The zero-order chi connectivity index (χ0) is 16.5. The summed E-state index contributed by atoms with van der Waals surface area (Å²) in [5, 5.41) is 1.36. The Bertz CT molecular complexity index is 652. The van der Waals surface area contributed by atoms with Gasteiger partial charge in [-0.1, -0.05) is 48.5 Å². The van der Waals surface area contributed by atoms with Gasteiger partial charge in [0.1, 0.15) is 11.5 Å². The quantitative estimate of drug-likeness (QED) is 0.683. The van der Waals surface area contributed by atoms with E-state index in [0.29, 0.717) is 10.0 Å². The molecule has 0 bridgehead atoms. The Morgan fingerprint density at radius 2 is 1.55 bits per heavy atom. The van der Waals surface area contributed by atoms with Crippen LogP contribution >= 0.6 is 23.2 Å². The highest BCUT2D eigenvalue weighted by atomic mass is 35.5. The van der Waals surface area contributed by atoms with Crippen molar-refractivity contribution < 1.29 is 9.47 Å². The first-order chi connectivity index (χ1) is 10.5. The molecule has 0 spiro atoms. The second-order valence-corrected chi connectivity index (χ2v) is 5.03. The van der Waals surface area contributed by atoms with Crippen LogP contribution < -0.4 is 9.47 Å².